The van der Waals surface area contributed by atoms with Crippen molar-refractivity contribution in [3.8, 4) is 0 Å². The van der Waals surface area contributed by atoms with Crippen molar-refractivity contribution < 1.29 is 14.6 Å². The molecule has 1 aromatic heterocycles. The van der Waals surface area contributed by atoms with E-state index in [0.717, 1.165) is 16.9 Å². The largest absolute Gasteiger partial charge is 0.478 e. The molecule has 14 heavy (non-hydrogen) atoms. The SMILES string of the molecule is Nc1sc2c(c1C(=O)O)CCOCC2. The minimum atomic E-state index is -0.929. The Hall–Kier alpha value is -1.07. The van der Waals surface area contributed by atoms with Gasteiger partial charge in [-0.1, -0.05) is 0 Å². The molecule has 1 aromatic rings. The van der Waals surface area contributed by atoms with E-state index in [2.05, 4.69) is 0 Å². The molecule has 0 spiro atoms. The Morgan fingerprint density at radius 2 is 2.14 bits per heavy atom. The number of carbonyl (C=O) groups is 1. The molecule has 0 aliphatic carbocycles. The minimum absolute atomic E-state index is 0.288. The summed E-state index contributed by atoms with van der Waals surface area (Å²) in [5, 5.41) is 9.41. The van der Waals surface area contributed by atoms with Crippen molar-refractivity contribution in [2.45, 2.75) is 12.8 Å². The average Bonchev–Trinajstić information content (AvgIpc) is 2.31. The fourth-order valence-corrected chi connectivity index (χ4v) is 2.77. The Morgan fingerprint density at radius 3 is 2.86 bits per heavy atom. The number of ether oxygens (including phenoxy) is 1. The first kappa shape index (κ1) is 9.48. The lowest BCUT2D eigenvalue weighted by Gasteiger charge is -1.99. The van der Waals surface area contributed by atoms with E-state index in [-0.39, 0.29) is 5.56 Å². The average molecular weight is 213 g/mol. The molecule has 0 bridgehead atoms. The third-order valence-corrected chi connectivity index (χ3v) is 3.42. The molecule has 2 heterocycles. The van der Waals surface area contributed by atoms with Crippen molar-refractivity contribution in [2.75, 3.05) is 18.9 Å². The van der Waals surface area contributed by atoms with Gasteiger partial charge < -0.3 is 15.6 Å². The summed E-state index contributed by atoms with van der Waals surface area (Å²) in [6.45, 7) is 1.25. The number of anilines is 1. The third kappa shape index (κ3) is 1.49. The normalized spacial score (nSPS) is 16.0. The molecule has 76 valence electrons. The summed E-state index contributed by atoms with van der Waals surface area (Å²) in [4.78, 5) is 12.0. The Bertz CT molecular complexity index is 372. The third-order valence-electron chi connectivity index (χ3n) is 2.30. The van der Waals surface area contributed by atoms with Crippen LogP contribution in [0.5, 0.6) is 0 Å². The van der Waals surface area contributed by atoms with E-state index in [1.165, 1.54) is 11.3 Å². The summed E-state index contributed by atoms with van der Waals surface area (Å²) in [5.74, 6) is -0.929. The van der Waals surface area contributed by atoms with Crippen LogP contribution in [-0.4, -0.2) is 24.3 Å². The van der Waals surface area contributed by atoms with Crippen molar-refractivity contribution >= 4 is 22.3 Å². The first-order chi connectivity index (χ1) is 6.70. The number of hydrogen-bond donors (Lipinski definition) is 2. The van der Waals surface area contributed by atoms with Crippen LogP contribution in [0.2, 0.25) is 0 Å². The second-order valence-corrected chi connectivity index (χ2v) is 4.30. The zero-order valence-corrected chi connectivity index (χ0v) is 8.39. The van der Waals surface area contributed by atoms with Gasteiger partial charge in [-0.2, -0.15) is 0 Å². The number of thiophene rings is 1. The van der Waals surface area contributed by atoms with Gasteiger partial charge in [0.2, 0.25) is 0 Å². The van der Waals surface area contributed by atoms with Crippen molar-refractivity contribution in [3.63, 3.8) is 0 Å². The fourth-order valence-electron chi connectivity index (χ4n) is 1.68. The van der Waals surface area contributed by atoms with Gasteiger partial charge in [-0.25, -0.2) is 4.79 Å². The summed E-state index contributed by atoms with van der Waals surface area (Å²) in [6.07, 6.45) is 1.43. The highest BCUT2D eigenvalue weighted by atomic mass is 32.1. The first-order valence-electron chi connectivity index (χ1n) is 4.41. The molecule has 2 rings (SSSR count). The molecule has 5 heteroatoms. The van der Waals surface area contributed by atoms with Gasteiger partial charge in [0.05, 0.1) is 18.8 Å². The van der Waals surface area contributed by atoms with E-state index in [1.54, 1.807) is 0 Å². The summed E-state index contributed by atoms with van der Waals surface area (Å²) in [6, 6.07) is 0. The Labute approximate surface area is 85.3 Å². The molecule has 0 aromatic carbocycles. The number of hydrogen-bond acceptors (Lipinski definition) is 4. The van der Waals surface area contributed by atoms with Gasteiger partial charge >= 0.3 is 5.97 Å². The van der Waals surface area contributed by atoms with Gasteiger partial charge in [0.15, 0.2) is 0 Å². The van der Waals surface area contributed by atoms with E-state index < -0.39 is 5.97 Å². The molecule has 1 aliphatic rings. The topological polar surface area (TPSA) is 72.6 Å². The lowest BCUT2D eigenvalue weighted by molar-refractivity contribution is 0.0697. The molecule has 0 saturated heterocycles. The highest BCUT2D eigenvalue weighted by Gasteiger charge is 2.22. The zero-order valence-electron chi connectivity index (χ0n) is 7.58. The van der Waals surface area contributed by atoms with E-state index >= 15 is 0 Å². The second kappa shape index (κ2) is 3.59. The molecule has 4 nitrogen and oxygen atoms in total. The predicted octanol–water partition coefficient (Wildman–Crippen LogP) is 1.14. The number of carboxylic acids is 1. The van der Waals surface area contributed by atoms with Crippen LogP contribution in [0, 0.1) is 0 Å². The van der Waals surface area contributed by atoms with Crippen LogP contribution in [0.15, 0.2) is 0 Å². The number of nitrogen functional groups attached to an aromatic ring is 1. The molecule has 0 saturated carbocycles. The lowest BCUT2D eigenvalue weighted by atomic mass is 10.1. The summed E-state index contributed by atoms with van der Waals surface area (Å²) in [7, 11) is 0. The van der Waals surface area contributed by atoms with Gasteiger partial charge in [-0.15, -0.1) is 11.3 Å². The van der Waals surface area contributed by atoms with Crippen LogP contribution < -0.4 is 5.73 Å². The smallest absolute Gasteiger partial charge is 0.338 e. The van der Waals surface area contributed by atoms with Crippen molar-refractivity contribution in [1.29, 1.82) is 0 Å². The highest BCUT2D eigenvalue weighted by Crippen LogP contribution is 2.33. The highest BCUT2D eigenvalue weighted by molar-refractivity contribution is 7.16. The first-order valence-corrected chi connectivity index (χ1v) is 5.23. The minimum Gasteiger partial charge on any atom is -0.478 e. The summed E-state index contributed by atoms with van der Waals surface area (Å²) >= 11 is 1.38. The predicted molar refractivity (Wildman–Crippen MR) is 53.9 cm³/mol. The van der Waals surface area contributed by atoms with Crippen LogP contribution in [-0.2, 0) is 17.6 Å². The maximum Gasteiger partial charge on any atom is 0.338 e. The van der Waals surface area contributed by atoms with E-state index in [4.69, 9.17) is 15.6 Å². The van der Waals surface area contributed by atoms with Gasteiger partial charge in [-0.05, 0) is 12.0 Å². The molecule has 0 fully saturated rings. The van der Waals surface area contributed by atoms with Crippen molar-refractivity contribution in [3.05, 3.63) is 16.0 Å². The van der Waals surface area contributed by atoms with Crippen LogP contribution in [0.3, 0.4) is 0 Å². The molecular weight excluding hydrogens is 202 g/mol. The summed E-state index contributed by atoms with van der Waals surface area (Å²) < 4.78 is 5.28. The molecule has 1 aliphatic heterocycles. The Morgan fingerprint density at radius 1 is 1.43 bits per heavy atom. The quantitative estimate of drug-likeness (QED) is 0.733. The van der Waals surface area contributed by atoms with Crippen LogP contribution in [0.1, 0.15) is 20.8 Å². The van der Waals surface area contributed by atoms with Gasteiger partial charge in [0.1, 0.15) is 5.00 Å². The number of carboxylic acid groups (broad SMARTS) is 1. The zero-order chi connectivity index (χ0) is 10.1. The maximum absolute atomic E-state index is 11.0. The number of nitrogens with two attached hydrogens (primary N) is 1. The standard InChI is InChI=1S/C9H11NO3S/c10-8-7(9(11)12)5-1-3-13-4-2-6(5)14-8/h1-4,10H2,(H,11,12). The monoisotopic (exact) mass is 213 g/mol. The molecular formula is C9H11NO3S. The Balaban J connectivity index is 2.49. The van der Waals surface area contributed by atoms with Crippen molar-refractivity contribution in [2.24, 2.45) is 0 Å². The van der Waals surface area contributed by atoms with E-state index in [0.29, 0.717) is 24.6 Å². The number of aromatic carboxylic acids is 1. The Kier molecular flexibility index (Phi) is 2.43. The maximum atomic E-state index is 11.0. The van der Waals surface area contributed by atoms with E-state index in [9.17, 15) is 4.79 Å². The molecule has 3 N–H and O–H groups in total. The number of rotatable bonds is 1. The van der Waals surface area contributed by atoms with Gasteiger partial charge in [-0.3, -0.25) is 0 Å². The fraction of sp³-hybridized carbons (Fsp3) is 0.444. The molecule has 0 unspecified atom stereocenters. The van der Waals surface area contributed by atoms with Gasteiger partial charge in [0.25, 0.3) is 0 Å². The molecule has 0 radical (unpaired) electrons. The van der Waals surface area contributed by atoms with E-state index in [1.807, 2.05) is 0 Å². The summed E-state index contributed by atoms with van der Waals surface area (Å²) in [5.41, 5.74) is 6.83. The van der Waals surface area contributed by atoms with Crippen LogP contribution in [0.4, 0.5) is 5.00 Å². The van der Waals surface area contributed by atoms with Crippen LogP contribution >= 0.6 is 11.3 Å². The molecule has 0 amide bonds. The van der Waals surface area contributed by atoms with Gasteiger partial charge in [0, 0.05) is 11.3 Å². The van der Waals surface area contributed by atoms with Crippen LogP contribution in [0.25, 0.3) is 0 Å². The second-order valence-electron chi connectivity index (χ2n) is 3.16. The van der Waals surface area contributed by atoms with Crippen molar-refractivity contribution in [1.82, 2.24) is 0 Å². The number of fused-ring (bicyclic) bond motifs is 1. The molecule has 0 atom stereocenters. The lowest BCUT2D eigenvalue weighted by Crippen LogP contribution is -2.04.